The fourth-order valence-corrected chi connectivity index (χ4v) is 3.80. The maximum atomic E-state index is 10.7. The molecule has 3 heteroatoms. The average molecular weight is 186 g/mol. The molecule has 0 aromatic rings. The summed E-state index contributed by atoms with van der Waals surface area (Å²) in [5, 5.41) is 9.46. The van der Waals surface area contributed by atoms with Gasteiger partial charge in [-0.1, -0.05) is 6.92 Å². The monoisotopic (exact) mass is 186 g/mol. The quantitative estimate of drug-likeness (QED) is 0.716. The van der Waals surface area contributed by atoms with Crippen molar-refractivity contribution in [3.8, 4) is 0 Å². The largest absolute Gasteiger partial charge is 0.481 e. The summed E-state index contributed by atoms with van der Waals surface area (Å²) >= 11 is 1.97. The molecule has 12 heavy (non-hydrogen) atoms. The Bertz CT molecular complexity index is 211. The van der Waals surface area contributed by atoms with Gasteiger partial charge in [-0.25, -0.2) is 0 Å². The molecule has 2 nitrogen and oxygen atoms in total. The van der Waals surface area contributed by atoms with E-state index in [1.54, 1.807) is 0 Å². The van der Waals surface area contributed by atoms with Gasteiger partial charge in [-0.15, -0.1) is 0 Å². The minimum absolute atomic E-state index is 0.0481. The first-order valence-electron chi connectivity index (χ1n) is 4.49. The van der Waals surface area contributed by atoms with Gasteiger partial charge < -0.3 is 5.11 Å². The summed E-state index contributed by atoms with van der Waals surface area (Å²) < 4.78 is 0. The van der Waals surface area contributed by atoms with Crippen molar-refractivity contribution in [3.05, 3.63) is 0 Å². The van der Waals surface area contributed by atoms with Crippen molar-refractivity contribution >= 4 is 17.7 Å². The van der Waals surface area contributed by atoms with Crippen molar-refractivity contribution in [2.24, 2.45) is 11.3 Å². The van der Waals surface area contributed by atoms with E-state index in [0.29, 0.717) is 5.25 Å². The van der Waals surface area contributed by atoms with Crippen LogP contribution < -0.4 is 0 Å². The molecule has 2 rings (SSSR count). The number of carboxylic acid groups (broad SMARTS) is 1. The Hall–Kier alpha value is -0.180. The molecule has 68 valence electrons. The third-order valence-corrected chi connectivity index (χ3v) is 4.94. The van der Waals surface area contributed by atoms with Gasteiger partial charge in [0.25, 0.3) is 0 Å². The first-order valence-corrected chi connectivity index (χ1v) is 5.54. The standard InChI is InChI=1S/C9H14O2S/c1-9(5-6(9)8(10)11)7-3-2-4-12-7/h6-7H,2-5H2,1H3,(H,10,11)/t6-,7?,9+/m1/s1. The molecule has 2 fully saturated rings. The van der Waals surface area contributed by atoms with Gasteiger partial charge in [0.05, 0.1) is 5.92 Å². The number of hydrogen-bond acceptors (Lipinski definition) is 2. The molecule has 3 atom stereocenters. The molecule has 0 spiro atoms. The van der Waals surface area contributed by atoms with Crippen LogP contribution in [-0.4, -0.2) is 22.1 Å². The Balaban J connectivity index is 2.00. The second kappa shape index (κ2) is 2.66. The SMILES string of the molecule is C[C@]1(C2CCCS2)C[C@@H]1C(=O)O. The molecule has 0 bridgehead atoms. The molecule has 0 aromatic heterocycles. The van der Waals surface area contributed by atoms with Crippen LogP contribution in [-0.2, 0) is 4.79 Å². The third kappa shape index (κ3) is 1.15. The van der Waals surface area contributed by atoms with Gasteiger partial charge in [0.1, 0.15) is 0 Å². The van der Waals surface area contributed by atoms with Gasteiger partial charge in [0.15, 0.2) is 0 Å². The minimum Gasteiger partial charge on any atom is -0.481 e. The highest BCUT2D eigenvalue weighted by molar-refractivity contribution is 8.00. The molecule has 2 aliphatic rings. The molecule has 1 saturated carbocycles. The van der Waals surface area contributed by atoms with Gasteiger partial charge in [0, 0.05) is 5.25 Å². The Labute approximate surface area is 76.7 Å². The van der Waals surface area contributed by atoms with E-state index in [2.05, 4.69) is 6.92 Å². The Kier molecular flexibility index (Phi) is 1.86. The molecular formula is C9H14O2S. The smallest absolute Gasteiger partial charge is 0.307 e. The van der Waals surface area contributed by atoms with Crippen LogP contribution in [0.5, 0.6) is 0 Å². The highest BCUT2D eigenvalue weighted by atomic mass is 32.2. The van der Waals surface area contributed by atoms with Gasteiger partial charge in [0.2, 0.25) is 0 Å². The van der Waals surface area contributed by atoms with Crippen LogP contribution in [0, 0.1) is 11.3 Å². The normalized spacial score (nSPS) is 46.1. The summed E-state index contributed by atoms with van der Waals surface area (Å²) in [6.45, 7) is 2.13. The van der Waals surface area contributed by atoms with E-state index in [1.165, 1.54) is 18.6 Å². The molecular weight excluding hydrogens is 172 g/mol. The zero-order valence-corrected chi connectivity index (χ0v) is 8.06. The summed E-state index contributed by atoms with van der Waals surface area (Å²) in [5.74, 6) is 0.588. The summed E-state index contributed by atoms with van der Waals surface area (Å²) in [6, 6.07) is 0. The van der Waals surface area contributed by atoms with E-state index in [1.807, 2.05) is 11.8 Å². The number of hydrogen-bond donors (Lipinski definition) is 1. The fraction of sp³-hybridized carbons (Fsp3) is 0.889. The van der Waals surface area contributed by atoms with Crippen molar-refractivity contribution in [2.75, 3.05) is 5.75 Å². The molecule has 1 aliphatic heterocycles. The van der Waals surface area contributed by atoms with Crippen LogP contribution in [0.15, 0.2) is 0 Å². The van der Waals surface area contributed by atoms with Crippen LogP contribution in [0.2, 0.25) is 0 Å². The molecule has 0 amide bonds. The molecule has 0 radical (unpaired) electrons. The maximum absolute atomic E-state index is 10.7. The molecule has 1 N–H and O–H groups in total. The van der Waals surface area contributed by atoms with E-state index < -0.39 is 5.97 Å². The lowest BCUT2D eigenvalue weighted by molar-refractivity contribution is -0.139. The number of aliphatic carboxylic acids is 1. The lowest BCUT2D eigenvalue weighted by Crippen LogP contribution is -2.17. The van der Waals surface area contributed by atoms with Crippen molar-refractivity contribution in [2.45, 2.75) is 31.4 Å². The number of carboxylic acids is 1. The van der Waals surface area contributed by atoms with Crippen LogP contribution >= 0.6 is 11.8 Å². The Morgan fingerprint density at radius 2 is 2.42 bits per heavy atom. The van der Waals surface area contributed by atoms with Crippen LogP contribution in [0.1, 0.15) is 26.2 Å². The maximum Gasteiger partial charge on any atom is 0.307 e. The number of thioether (sulfide) groups is 1. The van der Waals surface area contributed by atoms with Crippen molar-refractivity contribution in [1.29, 1.82) is 0 Å². The zero-order chi connectivity index (χ0) is 8.77. The predicted octanol–water partition coefficient (Wildman–Crippen LogP) is 1.99. The van der Waals surface area contributed by atoms with Crippen LogP contribution in [0.4, 0.5) is 0 Å². The summed E-state index contributed by atoms with van der Waals surface area (Å²) in [4.78, 5) is 10.7. The second-order valence-electron chi connectivity index (χ2n) is 4.10. The van der Waals surface area contributed by atoms with E-state index >= 15 is 0 Å². The minimum atomic E-state index is -0.593. The fourth-order valence-electron chi connectivity index (χ4n) is 2.20. The van der Waals surface area contributed by atoms with Crippen LogP contribution in [0.25, 0.3) is 0 Å². The summed E-state index contributed by atoms with van der Waals surface area (Å²) in [6.07, 6.45) is 3.40. The van der Waals surface area contributed by atoms with Crippen molar-refractivity contribution in [1.82, 2.24) is 0 Å². The van der Waals surface area contributed by atoms with E-state index in [4.69, 9.17) is 5.11 Å². The van der Waals surface area contributed by atoms with E-state index in [0.717, 1.165) is 6.42 Å². The molecule has 0 aromatic carbocycles. The molecule has 1 saturated heterocycles. The second-order valence-corrected chi connectivity index (χ2v) is 5.41. The third-order valence-electron chi connectivity index (χ3n) is 3.24. The summed E-state index contributed by atoms with van der Waals surface area (Å²) in [5.41, 5.74) is 0.132. The Morgan fingerprint density at radius 1 is 1.67 bits per heavy atom. The van der Waals surface area contributed by atoms with Crippen LogP contribution in [0.3, 0.4) is 0 Å². The topological polar surface area (TPSA) is 37.3 Å². The first-order chi connectivity index (χ1) is 5.64. The molecule has 1 aliphatic carbocycles. The average Bonchev–Trinajstić information content (AvgIpc) is 2.52. The summed E-state index contributed by atoms with van der Waals surface area (Å²) in [7, 11) is 0. The highest BCUT2D eigenvalue weighted by Crippen LogP contribution is 2.60. The molecule has 1 heterocycles. The van der Waals surface area contributed by atoms with E-state index in [-0.39, 0.29) is 11.3 Å². The first kappa shape index (κ1) is 8.42. The number of carbonyl (C=O) groups is 1. The molecule has 1 unspecified atom stereocenters. The van der Waals surface area contributed by atoms with Gasteiger partial charge >= 0.3 is 5.97 Å². The lowest BCUT2D eigenvalue weighted by Gasteiger charge is -2.16. The Morgan fingerprint density at radius 3 is 2.83 bits per heavy atom. The lowest BCUT2D eigenvalue weighted by atomic mass is 9.98. The highest BCUT2D eigenvalue weighted by Gasteiger charge is 2.59. The zero-order valence-electron chi connectivity index (χ0n) is 7.25. The van der Waals surface area contributed by atoms with Gasteiger partial charge in [-0.05, 0) is 30.4 Å². The van der Waals surface area contributed by atoms with Crippen molar-refractivity contribution < 1.29 is 9.90 Å². The number of rotatable bonds is 2. The van der Waals surface area contributed by atoms with Gasteiger partial charge in [-0.2, -0.15) is 11.8 Å². The van der Waals surface area contributed by atoms with Crippen molar-refractivity contribution in [3.63, 3.8) is 0 Å². The predicted molar refractivity (Wildman–Crippen MR) is 49.3 cm³/mol. The van der Waals surface area contributed by atoms with Gasteiger partial charge in [-0.3, -0.25) is 4.79 Å². The van der Waals surface area contributed by atoms with E-state index in [9.17, 15) is 4.79 Å².